The summed E-state index contributed by atoms with van der Waals surface area (Å²) in [5.74, 6) is -3.72. The molecule has 0 saturated heterocycles. The Morgan fingerprint density at radius 3 is 2.40 bits per heavy atom. The SMILES string of the molecule is Cc1ccc(-c2cc(=S)nc(C(F)(F)F)[nH]2)c(F)c1F. The van der Waals surface area contributed by atoms with E-state index in [9.17, 15) is 22.0 Å². The van der Waals surface area contributed by atoms with Crippen molar-refractivity contribution in [3.05, 3.63) is 45.9 Å². The number of H-pyrrole nitrogens is 1. The van der Waals surface area contributed by atoms with Gasteiger partial charge in [-0.25, -0.2) is 13.8 Å². The molecular weight excluding hydrogens is 299 g/mol. The van der Waals surface area contributed by atoms with Gasteiger partial charge in [0.05, 0.1) is 5.69 Å². The molecule has 0 bridgehead atoms. The largest absolute Gasteiger partial charge is 0.449 e. The molecule has 0 radical (unpaired) electrons. The number of aryl methyl sites for hydroxylation is 1. The molecule has 1 heterocycles. The highest BCUT2D eigenvalue weighted by atomic mass is 32.1. The third-order valence-corrected chi connectivity index (χ3v) is 2.79. The fraction of sp³-hybridized carbons (Fsp3) is 0.167. The molecule has 2 nitrogen and oxygen atoms in total. The molecule has 20 heavy (non-hydrogen) atoms. The first-order valence-corrected chi connectivity index (χ1v) is 5.74. The van der Waals surface area contributed by atoms with Crippen LogP contribution in [0.2, 0.25) is 0 Å². The van der Waals surface area contributed by atoms with Gasteiger partial charge in [-0.2, -0.15) is 13.2 Å². The molecule has 0 amide bonds. The van der Waals surface area contributed by atoms with Gasteiger partial charge in [0, 0.05) is 5.56 Å². The second-order valence-electron chi connectivity index (χ2n) is 4.04. The Hall–Kier alpha value is -1.83. The average molecular weight is 306 g/mol. The summed E-state index contributed by atoms with van der Waals surface area (Å²) in [5.41, 5.74) is -0.573. The summed E-state index contributed by atoms with van der Waals surface area (Å²) >= 11 is 4.61. The lowest BCUT2D eigenvalue weighted by atomic mass is 10.1. The van der Waals surface area contributed by atoms with Crippen LogP contribution in [-0.4, -0.2) is 9.97 Å². The molecule has 0 saturated carbocycles. The molecule has 2 aromatic rings. The number of nitrogens with one attached hydrogen (secondary N) is 1. The molecule has 0 spiro atoms. The number of hydrogen-bond acceptors (Lipinski definition) is 2. The predicted octanol–water partition coefficient (Wildman–Crippen LogP) is 4.41. The quantitative estimate of drug-likeness (QED) is 0.624. The molecule has 0 aliphatic rings. The smallest absolute Gasteiger partial charge is 0.335 e. The van der Waals surface area contributed by atoms with Crippen molar-refractivity contribution < 1.29 is 22.0 Å². The zero-order valence-electron chi connectivity index (χ0n) is 9.98. The predicted molar refractivity (Wildman–Crippen MR) is 64.5 cm³/mol. The average Bonchev–Trinajstić information content (AvgIpc) is 2.34. The fourth-order valence-corrected chi connectivity index (χ4v) is 1.80. The molecule has 0 unspecified atom stereocenters. The molecule has 0 aliphatic carbocycles. The molecule has 0 aliphatic heterocycles. The Morgan fingerprint density at radius 1 is 1.15 bits per heavy atom. The van der Waals surface area contributed by atoms with Crippen molar-refractivity contribution in [3.63, 3.8) is 0 Å². The summed E-state index contributed by atoms with van der Waals surface area (Å²) in [6.45, 7) is 1.35. The van der Waals surface area contributed by atoms with Gasteiger partial charge in [-0.05, 0) is 24.6 Å². The van der Waals surface area contributed by atoms with Crippen LogP contribution in [0.4, 0.5) is 22.0 Å². The lowest BCUT2D eigenvalue weighted by Crippen LogP contribution is -2.12. The second kappa shape index (κ2) is 4.93. The number of nitrogens with zero attached hydrogens (tertiary/aromatic N) is 1. The topological polar surface area (TPSA) is 28.7 Å². The summed E-state index contributed by atoms with van der Waals surface area (Å²) in [5, 5.41) is 0. The van der Waals surface area contributed by atoms with Crippen LogP contribution >= 0.6 is 12.2 Å². The normalized spacial score (nSPS) is 11.7. The molecule has 8 heteroatoms. The van der Waals surface area contributed by atoms with Crippen molar-refractivity contribution in [1.29, 1.82) is 0 Å². The highest BCUT2D eigenvalue weighted by Crippen LogP contribution is 2.29. The minimum Gasteiger partial charge on any atom is -0.335 e. The van der Waals surface area contributed by atoms with Crippen molar-refractivity contribution in [2.75, 3.05) is 0 Å². The maximum atomic E-state index is 13.8. The van der Waals surface area contributed by atoms with Crippen molar-refractivity contribution >= 4 is 12.2 Å². The van der Waals surface area contributed by atoms with Gasteiger partial charge in [0.2, 0.25) is 5.82 Å². The highest BCUT2D eigenvalue weighted by Gasteiger charge is 2.34. The highest BCUT2D eigenvalue weighted by molar-refractivity contribution is 7.71. The third kappa shape index (κ3) is 2.69. The Labute approximate surface area is 115 Å². The van der Waals surface area contributed by atoms with Crippen LogP contribution in [0.15, 0.2) is 18.2 Å². The van der Waals surface area contributed by atoms with Crippen molar-refractivity contribution in [3.8, 4) is 11.3 Å². The number of aromatic amines is 1. The van der Waals surface area contributed by atoms with Gasteiger partial charge in [0.25, 0.3) is 0 Å². The van der Waals surface area contributed by atoms with Gasteiger partial charge in [-0.1, -0.05) is 18.3 Å². The van der Waals surface area contributed by atoms with Gasteiger partial charge in [0.15, 0.2) is 11.6 Å². The summed E-state index contributed by atoms with van der Waals surface area (Å²) in [6.07, 6.45) is -4.76. The Bertz CT molecular complexity index is 721. The number of alkyl halides is 3. The van der Waals surface area contributed by atoms with Crippen LogP contribution in [0.5, 0.6) is 0 Å². The Kier molecular flexibility index (Phi) is 3.59. The van der Waals surface area contributed by atoms with Crippen molar-refractivity contribution in [2.24, 2.45) is 0 Å². The Balaban J connectivity index is 2.68. The molecule has 1 N–H and O–H groups in total. The van der Waals surface area contributed by atoms with Crippen molar-refractivity contribution in [2.45, 2.75) is 13.1 Å². The van der Waals surface area contributed by atoms with Crippen LogP contribution in [-0.2, 0) is 6.18 Å². The molecule has 2 rings (SSSR count). The van der Waals surface area contributed by atoms with Crippen LogP contribution in [0.25, 0.3) is 11.3 Å². The molecule has 106 valence electrons. The van der Waals surface area contributed by atoms with Gasteiger partial charge >= 0.3 is 6.18 Å². The first-order valence-electron chi connectivity index (χ1n) is 5.33. The Morgan fingerprint density at radius 2 is 1.80 bits per heavy atom. The van der Waals surface area contributed by atoms with E-state index < -0.39 is 23.6 Å². The van der Waals surface area contributed by atoms with Crippen LogP contribution in [0, 0.1) is 23.2 Å². The van der Waals surface area contributed by atoms with Gasteiger partial charge in [0.1, 0.15) is 4.64 Å². The van der Waals surface area contributed by atoms with E-state index >= 15 is 0 Å². The van der Waals surface area contributed by atoms with Crippen molar-refractivity contribution in [1.82, 2.24) is 9.97 Å². The summed E-state index contributed by atoms with van der Waals surface area (Å²) < 4.78 is 64.7. The molecule has 1 aromatic heterocycles. The zero-order chi connectivity index (χ0) is 15.1. The van der Waals surface area contributed by atoms with E-state index in [1.807, 2.05) is 4.98 Å². The number of halogens is 5. The fourth-order valence-electron chi connectivity index (χ4n) is 1.59. The number of hydrogen-bond donors (Lipinski definition) is 1. The van der Waals surface area contributed by atoms with Gasteiger partial charge in [-0.15, -0.1) is 0 Å². The summed E-state index contributed by atoms with van der Waals surface area (Å²) in [4.78, 5) is 5.04. The first kappa shape index (κ1) is 14.6. The van der Waals surface area contributed by atoms with Gasteiger partial charge < -0.3 is 4.98 Å². The van der Waals surface area contributed by atoms with Crippen LogP contribution < -0.4 is 0 Å². The monoisotopic (exact) mass is 306 g/mol. The standard InChI is InChI=1S/C12H7F5N2S/c1-5-2-3-6(10(14)9(5)13)7-4-8(20)19-11(18-7)12(15,16)17/h2-4H,1H3,(H,18,19,20). The van der Waals surface area contributed by atoms with E-state index in [-0.39, 0.29) is 21.5 Å². The third-order valence-electron chi connectivity index (χ3n) is 2.58. The van der Waals surface area contributed by atoms with E-state index in [4.69, 9.17) is 0 Å². The first-order chi connectivity index (χ1) is 9.20. The van der Waals surface area contributed by atoms with E-state index in [2.05, 4.69) is 17.2 Å². The maximum Gasteiger partial charge on any atom is 0.449 e. The molecule has 0 atom stereocenters. The molecule has 0 fully saturated rings. The van der Waals surface area contributed by atoms with E-state index in [1.165, 1.54) is 19.1 Å². The van der Waals surface area contributed by atoms with Crippen LogP contribution in [0.3, 0.4) is 0 Å². The van der Waals surface area contributed by atoms with Crippen LogP contribution in [0.1, 0.15) is 11.4 Å². The number of benzene rings is 1. The second-order valence-corrected chi connectivity index (χ2v) is 4.46. The van der Waals surface area contributed by atoms with E-state index in [0.717, 1.165) is 6.07 Å². The summed E-state index contributed by atoms with van der Waals surface area (Å²) in [7, 11) is 0. The maximum absolute atomic E-state index is 13.8. The minimum absolute atomic E-state index is 0.0509. The van der Waals surface area contributed by atoms with E-state index in [0.29, 0.717) is 0 Å². The molecule has 1 aromatic carbocycles. The lowest BCUT2D eigenvalue weighted by Gasteiger charge is -2.10. The molecular formula is C12H7F5N2S. The number of rotatable bonds is 1. The summed E-state index contributed by atoms with van der Waals surface area (Å²) in [6, 6.07) is 3.48. The van der Waals surface area contributed by atoms with E-state index in [1.54, 1.807) is 0 Å². The minimum atomic E-state index is -4.76. The zero-order valence-corrected chi connectivity index (χ0v) is 10.8. The lowest BCUT2D eigenvalue weighted by molar-refractivity contribution is -0.145. The number of aromatic nitrogens is 2. The van der Waals surface area contributed by atoms with Gasteiger partial charge in [-0.3, -0.25) is 0 Å².